The molecule has 1 heterocycles. The van der Waals surface area contributed by atoms with Crippen molar-refractivity contribution in [3.8, 4) is 0 Å². The van der Waals surface area contributed by atoms with Crippen molar-refractivity contribution in [2.24, 2.45) is 5.14 Å². The molecule has 1 fully saturated rings. The maximum Gasteiger partial charge on any atom is 0.240 e. The number of hydrogen-bond donors (Lipinski definition) is 2. The normalized spacial score (nSPS) is 20.6. The molecule has 8 heteroatoms. The highest BCUT2D eigenvalue weighted by Gasteiger charge is 2.27. The number of para-hydroxylation sites is 1. The van der Waals surface area contributed by atoms with E-state index < -0.39 is 21.9 Å². The van der Waals surface area contributed by atoms with Gasteiger partial charge in [-0.1, -0.05) is 6.07 Å². The van der Waals surface area contributed by atoms with Gasteiger partial charge in [0.25, 0.3) is 0 Å². The number of anilines is 1. The molecule has 1 aliphatic rings. The second-order valence-corrected chi connectivity index (χ2v) is 5.78. The van der Waals surface area contributed by atoms with Crippen molar-refractivity contribution in [3.05, 3.63) is 24.0 Å². The number of sulfonamides is 1. The monoisotopic (exact) mass is 290 g/mol. The summed E-state index contributed by atoms with van der Waals surface area (Å²) in [5.41, 5.74) is -0.0632. The molecule has 106 valence electrons. The Morgan fingerprint density at radius 1 is 1.53 bits per heavy atom. The molecule has 1 aromatic rings. The van der Waals surface area contributed by atoms with Gasteiger partial charge in [-0.15, -0.1) is 0 Å². The quantitative estimate of drug-likeness (QED) is 0.795. The van der Waals surface area contributed by atoms with Crippen LogP contribution in [0.25, 0.3) is 0 Å². The maximum absolute atomic E-state index is 13.9. The summed E-state index contributed by atoms with van der Waals surface area (Å²) in [4.78, 5) is 1.27. The van der Waals surface area contributed by atoms with Gasteiger partial charge in [0.05, 0.1) is 25.0 Å². The molecule has 19 heavy (non-hydrogen) atoms. The Kier molecular flexibility index (Phi) is 4.04. The lowest BCUT2D eigenvalue weighted by Gasteiger charge is -2.34. The van der Waals surface area contributed by atoms with E-state index >= 15 is 0 Å². The molecule has 1 unspecified atom stereocenters. The van der Waals surface area contributed by atoms with Gasteiger partial charge in [0.2, 0.25) is 10.0 Å². The van der Waals surface area contributed by atoms with E-state index in [-0.39, 0.29) is 30.3 Å². The van der Waals surface area contributed by atoms with E-state index in [9.17, 15) is 12.8 Å². The van der Waals surface area contributed by atoms with Crippen molar-refractivity contribution in [1.29, 1.82) is 0 Å². The van der Waals surface area contributed by atoms with Crippen LogP contribution >= 0.6 is 0 Å². The molecule has 0 spiro atoms. The highest BCUT2D eigenvalue weighted by atomic mass is 32.2. The van der Waals surface area contributed by atoms with E-state index in [0.29, 0.717) is 6.54 Å². The number of halogens is 1. The van der Waals surface area contributed by atoms with E-state index in [0.717, 1.165) is 0 Å². The number of primary sulfonamides is 1. The SMILES string of the molecule is NS(=O)(=O)c1cccc(F)c1N1CCOC(CO)C1. The molecule has 1 saturated heterocycles. The number of hydrogen-bond acceptors (Lipinski definition) is 5. The summed E-state index contributed by atoms with van der Waals surface area (Å²) in [6.07, 6.45) is -0.471. The van der Waals surface area contributed by atoms with Gasteiger partial charge in [0.15, 0.2) is 0 Å². The molecule has 2 rings (SSSR count). The first-order chi connectivity index (χ1) is 8.93. The van der Waals surface area contributed by atoms with Crippen LogP contribution in [-0.4, -0.2) is 45.9 Å². The maximum atomic E-state index is 13.9. The number of aliphatic hydroxyl groups excluding tert-OH is 1. The number of rotatable bonds is 3. The summed E-state index contributed by atoms with van der Waals surface area (Å²) < 4.78 is 42.2. The van der Waals surface area contributed by atoms with Gasteiger partial charge < -0.3 is 14.7 Å². The third-order valence-corrected chi connectivity index (χ3v) is 3.86. The van der Waals surface area contributed by atoms with Crippen LogP contribution in [0.4, 0.5) is 10.1 Å². The molecular weight excluding hydrogens is 275 g/mol. The van der Waals surface area contributed by atoms with E-state index in [4.69, 9.17) is 15.0 Å². The van der Waals surface area contributed by atoms with Gasteiger partial charge in [0, 0.05) is 13.1 Å². The fourth-order valence-corrected chi connectivity index (χ4v) is 2.83. The van der Waals surface area contributed by atoms with Crippen LogP contribution < -0.4 is 10.0 Å². The van der Waals surface area contributed by atoms with Crippen LogP contribution in [0.2, 0.25) is 0 Å². The van der Waals surface area contributed by atoms with Crippen molar-refractivity contribution in [2.45, 2.75) is 11.0 Å². The smallest absolute Gasteiger partial charge is 0.240 e. The topological polar surface area (TPSA) is 92.9 Å². The van der Waals surface area contributed by atoms with Gasteiger partial charge in [0.1, 0.15) is 10.7 Å². The first-order valence-corrected chi connectivity index (χ1v) is 7.27. The number of aliphatic hydroxyl groups is 1. The molecule has 0 saturated carbocycles. The Labute approximate surface area is 110 Å². The van der Waals surface area contributed by atoms with Crippen molar-refractivity contribution < 1.29 is 22.7 Å². The minimum absolute atomic E-state index is 0.0632. The first kappa shape index (κ1) is 14.2. The fourth-order valence-electron chi connectivity index (χ4n) is 2.06. The fraction of sp³-hybridized carbons (Fsp3) is 0.455. The van der Waals surface area contributed by atoms with Crippen molar-refractivity contribution >= 4 is 15.7 Å². The Morgan fingerprint density at radius 2 is 2.26 bits per heavy atom. The average molecular weight is 290 g/mol. The van der Waals surface area contributed by atoms with Crippen LogP contribution in [0.3, 0.4) is 0 Å². The van der Waals surface area contributed by atoms with Crippen LogP contribution in [0, 0.1) is 5.82 Å². The highest BCUT2D eigenvalue weighted by Crippen LogP contribution is 2.29. The average Bonchev–Trinajstić information content (AvgIpc) is 2.37. The van der Waals surface area contributed by atoms with Gasteiger partial charge in [-0.05, 0) is 12.1 Å². The molecule has 0 bridgehead atoms. The lowest BCUT2D eigenvalue weighted by atomic mass is 10.2. The molecule has 0 aromatic heterocycles. The number of benzene rings is 1. The highest BCUT2D eigenvalue weighted by molar-refractivity contribution is 7.89. The molecule has 1 aliphatic heterocycles. The first-order valence-electron chi connectivity index (χ1n) is 5.72. The molecule has 6 nitrogen and oxygen atoms in total. The van der Waals surface area contributed by atoms with Crippen LogP contribution in [0.15, 0.2) is 23.1 Å². The Bertz CT molecular complexity index is 564. The molecular formula is C11H15FN2O4S. The summed E-state index contributed by atoms with van der Waals surface area (Å²) in [5, 5.41) is 14.2. The number of nitrogens with zero attached hydrogens (tertiary/aromatic N) is 1. The lowest BCUT2D eigenvalue weighted by molar-refractivity contribution is 0.00326. The molecule has 0 aliphatic carbocycles. The van der Waals surface area contributed by atoms with E-state index in [2.05, 4.69) is 0 Å². The van der Waals surface area contributed by atoms with E-state index in [1.54, 1.807) is 0 Å². The summed E-state index contributed by atoms with van der Waals surface area (Å²) in [5.74, 6) is -0.662. The second-order valence-electron chi connectivity index (χ2n) is 4.25. The standard InChI is InChI=1S/C11H15FN2O4S/c12-9-2-1-3-10(19(13,16)17)11(9)14-4-5-18-8(6-14)7-15/h1-3,8,15H,4-7H2,(H2,13,16,17). The van der Waals surface area contributed by atoms with Crippen LogP contribution in [0.1, 0.15) is 0 Å². The Hall–Kier alpha value is -1.22. The van der Waals surface area contributed by atoms with Crippen molar-refractivity contribution in [1.82, 2.24) is 0 Å². The summed E-state index contributed by atoms with van der Waals surface area (Å²) >= 11 is 0. The minimum Gasteiger partial charge on any atom is -0.394 e. The summed E-state index contributed by atoms with van der Waals surface area (Å²) in [6, 6.07) is 3.73. The zero-order valence-corrected chi connectivity index (χ0v) is 10.9. The zero-order chi connectivity index (χ0) is 14.0. The predicted molar refractivity (Wildman–Crippen MR) is 66.8 cm³/mol. The van der Waals surface area contributed by atoms with E-state index in [1.165, 1.54) is 23.1 Å². The van der Waals surface area contributed by atoms with Gasteiger partial charge in [-0.3, -0.25) is 0 Å². The number of nitrogens with two attached hydrogens (primary N) is 1. The van der Waals surface area contributed by atoms with Gasteiger partial charge in [-0.25, -0.2) is 17.9 Å². The molecule has 1 aromatic carbocycles. The lowest BCUT2D eigenvalue weighted by Crippen LogP contribution is -2.45. The summed E-state index contributed by atoms with van der Waals surface area (Å²) in [7, 11) is -4.01. The second kappa shape index (κ2) is 5.41. The number of morpholine rings is 1. The van der Waals surface area contributed by atoms with Gasteiger partial charge >= 0.3 is 0 Å². The third-order valence-electron chi connectivity index (χ3n) is 2.91. The minimum atomic E-state index is -4.01. The molecule has 0 radical (unpaired) electrons. The largest absolute Gasteiger partial charge is 0.394 e. The molecule has 1 atom stereocenters. The predicted octanol–water partition coefficient (Wildman–Crippen LogP) is -0.329. The van der Waals surface area contributed by atoms with Gasteiger partial charge in [-0.2, -0.15) is 0 Å². The van der Waals surface area contributed by atoms with Crippen LogP contribution in [0.5, 0.6) is 0 Å². The van der Waals surface area contributed by atoms with Crippen LogP contribution in [-0.2, 0) is 14.8 Å². The molecule has 0 amide bonds. The Morgan fingerprint density at radius 3 is 2.89 bits per heavy atom. The zero-order valence-electron chi connectivity index (χ0n) is 10.1. The summed E-state index contributed by atoms with van der Waals surface area (Å²) in [6.45, 7) is 0.610. The van der Waals surface area contributed by atoms with Crippen molar-refractivity contribution in [3.63, 3.8) is 0 Å². The van der Waals surface area contributed by atoms with Crippen molar-refractivity contribution in [2.75, 3.05) is 31.2 Å². The molecule has 3 N–H and O–H groups in total. The third kappa shape index (κ3) is 3.03. The van der Waals surface area contributed by atoms with E-state index in [1.807, 2.05) is 0 Å². The number of ether oxygens (including phenoxy) is 1. The Balaban J connectivity index is 2.44.